The molecular formula is C20H22Cl2N2O5S. The number of sulfonamides is 1. The van der Waals surface area contributed by atoms with Gasteiger partial charge in [0.25, 0.3) is 0 Å². The summed E-state index contributed by atoms with van der Waals surface area (Å²) in [6, 6.07) is 9.61. The molecule has 1 aliphatic rings. The van der Waals surface area contributed by atoms with Crippen LogP contribution in [0, 0.1) is 0 Å². The summed E-state index contributed by atoms with van der Waals surface area (Å²) < 4.78 is 37.6. The summed E-state index contributed by atoms with van der Waals surface area (Å²) in [5.41, 5.74) is 1.17. The van der Waals surface area contributed by atoms with Crippen LogP contribution in [-0.4, -0.2) is 52.0 Å². The van der Waals surface area contributed by atoms with E-state index in [1.54, 1.807) is 18.2 Å². The number of amides is 1. The average Bonchev–Trinajstić information content (AvgIpc) is 2.75. The molecule has 1 saturated heterocycles. The van der Waals surface area contributed by atoms with Crippen LogP contribution in [-0.2, 0) is 26.0 Å². The highest BCUT2D eigenvalue weighted by Crippen LogP contribution is 2.29. The van der Waals surface area contributed by atoms with Gasteiger partial charge in [0.15, 0.2) is 0 Å². The molecule has 10 heteroatoms. The van der Waals surface area contributed by atoms with E-state index in [4.69, 9.17) is 32.7 Å². The van der Waals surface area contributed by atoms with Crippen molar-refractivity contribution in [2.75, 3.05) is 38.7 Å². The predicted octanol–water partition coefficient (Wildman–Crippen LogP) is 3.59. The van der Waals surface area contributed by atoms with E-state index in [1.807, 2.05) is 0 Å². The number of carbonyl (C=O) groups is 1. The summed E-state index contributed by atoms with van der Waals surface area (Å²) in [6.45, 7) is 1.29. The van der Waals surface area contributed by atoms with Gasteiger partial charge in [-0.25, -0.2) is 8.42 Å². The largest absolute Gasteiger partial charge is 0.495 e. The van der Waals surface area contributed by atoms with Gasteiger partial charge < -0.3 is 14.8 Å². The molecule has 2 aromatic rings. The summed E-state index contributed by atoms with van der Waals surface area (Å²) >= 11 is 11.9. The van der Waals surface area contributed by atoms with E-state index < -0.39 is 10.0 Å². The second-order valence-corrected chi connectivity index (χ2v) is 9.43. The summed E-state index contributed by atoms with van der Waals surface area (Å²) in [5.74, 6) is 0.0964. The smallest absolute Gasteiger partial charge is 0.243 e. The molecule has 0 aliphatic carbocycles. The Balaban J connectivity index is 1.73. The van der Waals surface area contributed by atoms with Crippen LogP contribution in [0.4, 0.5) is 5.69 Å². The van der Waals surface area contributed by atoms with Crippen molar-refractivity contribution in [3.63, 3.8) is 0 Å². The first-order valence-electron chi connectivity index (χ1n) is 9.31. The first-order valence-corrected chi connectivity index (χ1v) is 11.5. The summed E-state index contributed by atoms with van der Waals surface area (Å²) in [7, 11) is -2.23. The molecule has 0 saturated carbocycles. The van der Waals surface area contributed by atoms with Crippen molar-refractivity contribution in [3.05, 3.63) is 52.0 Å². The normalized spacial score (nSPS) is 15.0. The van der Waals surface area contributed by atoms with Gasteiger partial charge in [-0.05, 0) is 42.3 Å². The molecule has 2 aromatic carbocycles. The van der Waals surface area contributed by atoms with E-state index >= 15 is 0 Å². The molecule has 30 heavy (non-hydrogen) atoms. The third-order valence-electron chi connectivity index (χ3n) is 4.68. The van der Waals surface area contributed by atoms with Crippen molar-refractivity contribution in [2.24, 2.45) is 0 Å². The summed E-state index contributed by atoms with van der Waals surface area (Å²) in [4.78, 5) is 12.6. The fourth-order valence-corrected chi connectivity index (χ4v) is 4.80. The van der Waals surface area contributed by atoms with Gasteiger partial charge in [-0.15, -0.1) is 0 Å². The molecule has 7 nitrogen and oxygen atoms in total. The van der Waals surface area contributed by atoms with E-state index in [0.717, 1.165) is 5.56 Å². The van der Waals surface area contributed by atoms with Crippen LogP contribution >= 0.6 is 23.2 Å². The molecule has 1 amide bonds. The van der Waals surface area contributed by atoms with Gasteiger partial charge in [0, 0.05) is 19.5 Å². The summed E-state index contributed by atoms with van der Waals surface area (Å²) in [6.07, 6.45) is 0.637. The predicted molar refractivity (Wildman–Crippen MR) is 116 cm³/mol. The fraction of sp³-hybridized carbons (Fsp3) is 0.350. The number of anilines is 1. The lowest BCUT2D eigenvalue weighted by atomic mass is 10.1. The molecule has 0 atom stereocenters. The number of carbonyl (C=O) groups excluding carboxylic acids is 1. The Morgan fingerprint density at radius 2 is 1.87 bits per heavy atom. The van der Waals surface area contributed by atoms with Crippen LogP contribution < -0.4 is 10.1 Å². The number of methoxy groups -OCH3 is 1. The van der Waals surface area contributed by atoms with Crippen LogP contribution in [0.25, 0.3) is 0 Å². The summed E-state index contributed by atoms with van der Waals surface area (Å²) in [5, 5.41) is 3.62. The van der Waals surface area contributed by atoms with E-state index in [2.05, 4.69) is 5.32 Å². The van der Waals surface area contributed by atoms with Gasteiger partial charge in [0.2, 0.25) is 15.9 Å². The Morgan fingerprint density at radius 3 is 2.53 bits per heavy atom. The number of nitrogens with one attached hydrogen (secondary N) is 1. The van der Waals surface area contributed by atoms with Crippen LogP contribution in [0.5, 0.6) is 5.75 Å². The number of morpholine rings is 1. The SMILES string of the molecule is COc1ccc(S(=O)(=O)N2CCOCC2)cc1NC(=O)CCc1ccc(Cl)c(Cl)c1. The molecule has 0 spiro atoms. The lowest BCUT2D eigenvalue weighted by molar-refractivity contribution is -0.116. The second kappa shape index (κ2) is 9.98. The molecule has 1 fully saturated rings. The van der Waals surface area contributed by atoms with E-state index in [1.165, 1.54) is 29.6 Å². The highest BCUT2D eigenvalue weighted by molar-refractivity contribution is 7.89. The third-order valence-corrected chi connectivity index (χ3v) is 7.31. The zero-order valence-corrected chi connectivity index (χ0v) is 18.7. The van der Waals surface area contributed by atoms with Crippen molar-refractivity contribution >= 4 is 44.8 Å². The van der Waals surface area contributed by atoms with Gasteiger partial charge in [0.05, 0.1) is 41.0 Å². The van der Waals surface area contributed by atoms with Gasteiger partial charge in [-0.1, -0.05) is 29.3 Å². The molecule has 0 bridgehead atoms. The molecule has 0 unspecified atom stereocenters. The maximum Gasteiger partial charge on any atom is 0.243 e. The quantitative estimate of drug-likeness (QED) is 0.665. The first kappa shape index (κ1) is 22.8. The van der Waals surface area contributed by atoms with Gasteiger partial charge in [0.1, 0.15) is 5.75 Å². The van der Waals surface area contributed by atoms with Crippen LogP contribution in [0.2, 0.25) is 10.0 Å². The molecule has 1 aliphatic heterocycles. The Hall–Kier alpha value is -1.84. The van der Waals surface area contributed by atoms with Crippen molar-refractivity contribution in [3.8, 4) is 5.75 Å². The van der Waals surface area contributed by atoms with E-state index in [-0.39, 0.29) is 17.2 Å². The topological polar surface area (TPSA) is 84.9 Å². The Bertz CT molecular complexity index is 1020. The zero-order valence-electron chi connectivity index (χ0n) is 16.4. The number of nitrogens with zero attached hydrogens (tertiary/aromatic N) is 1. The van der Waals surface area contributed by atoms with E-state index in [9.17, 15) is 13.2 Å². The number of aryl methyl sites for hydroxylation is 1. The van der Waals surface area contributed by atoms with Gasteiger partial charge in [-0.3, -0.25) is 4.79 Å². The lowest BCUT2D eigenvalue weighted by Gasteiger charge is -2.26. The Labute approximate surface area is 185 Å². The van der Waals surface area contributed by atoms with E-state index in [0.29, 0.717) is 54.2 Å². The monoisotopic (exact) mass is 472 g/mol. The molecule has 3 rings (SSSR count). The Morgan fingerprint density at radius 1 is 1.13 bits per heavy atom. The number of halogens is 2. The maximum atomic E-state index is 12.9. The third kappa shape index (κ3) is 5.44. The minimum Gasteiger partial charge on any atom is -0.495 e. The fourth-order valence-electron chi connectivity index (χ4n) is 3.05. The highest BCUT2D eigenvalue weighted by Gasteiger charge is 2.27. The number of benzene rings is 2. The van der Waals surface area contributed by atoms with Crippen molar-refractivity contribution < 1.29 is 22.7 Å². The number of rotatable bonds is 7. The first-order chi connectivity index (χ1) is 14.3. The van der Waals surface area contributed by atoms with Crippen molar-refractivity contribution in [1.29, 1.82) is 0 Å². The molecule has 0 radical (unpaired) electrons. The minimum atomic E-state index is -3.69. The molecular weight excluding hydrogens is 451 g/mol. The van der Waals surface area contributed by atoms with Gasteiger partial charge >= 0.3 is 0 Å². The number of hydrogen-bond donors (Lipinski definition) is 1. The van der Waals surface area contributed by atoms with Crippen LogP contribution in [0.3, 0.4) is 0 Å². The number of hydrogen-bond acceptors (Lipinski definition) is 5. The van der Waals surface area contributed by atoms with Crippen LogP contribution in [0.1, 0.15) is 12.0 Å². The standard InChI is InChI=1S/C20H22Cl2N2O5S/c1-28-19-6-4-15(30(26,27)24-8-10-29-11-9-24)13-18(19)23-20(25)7-3-14-2-5-16(21)17(22)12-14/h2,4-6,12-13H,3,7-11H2,1H3,(H,23,25). The maximum absolute atomic E-state index is 12.9. The second-order valence-electron chi connectivity index (χ2n) is 6.68. The molecule has 1 heterocycles. The molecule has 162 valence electrons. The van der Waals surface area contributed by atoms with Crippen molar-refractivity contribution in [2.45, 2.75) is 17.7 Å². The highest BCUT2D eigenvalue weighted by atomic mass is 35.5. The zero-order chi connectivity index (χ0) is 21.7. The molecule has 0 aromatic heterocycles. The minimum absolute atomic E-state index is 0.0879. The van der Waals surface area contributed by atoms with Gasteiger partial charge in [-0.2, -0.15) is 4.31 Å². The Kier molecular flexibility index (Phi) is 7.60. The van der Waals surface area contributed by atoms with Crippen LogP contribution in [0.15, 0.2) is 41.3 Å². The molecule has 1 N–H and O–H groups in total. The average molecular weight is 473 g/mol. The van der Waals surface area contributed by atoms with Crippen molar-refractivity contribution in [1.82, 2.24) is 4.31 Å². The number of ether oxygens (including phenoxy) is 2. The lowest BCUT2D eigenvalue weighted by Crippen LogP contribution is -2.40.